The van der Waals surface area contributed by atoms with Gasteiger partial charge in [-0.3, -0.25) is 4.79 Å². The summed E-state index contributed by atoms with van der Waals surface area (Å²) in [5, 5.41) is 20.9. The van der Waals surface area contributed by atoms with Gasteiger partial charge >= 0.3 is 0 Å². The number of carbonyl (C=O) groups excluding carboxylic acids is 1. The fraction of sp³-hybridized carbons (Fsp3) is 0.308. The Bertz CT molecular complexity index is 1410. The molecule has 0 aliphatic carbocycles. The van der Waals surface area contributed by atoms with Crippen LogP contribution >= 0.6 is 11.3 Å². The normalized spacial score (nSPS) is 11.8. The van der Waals surface area contributed by atoms with Gasteiger partial charge in [-0.2, -0.15) is 4.98 Å². The van der Waals surface area contributed by atoms with E-state index in [0.717, 1.165) is 5.69 Å². The molecule has 3 aromatic heterocycles. The lowest BCUT2D eigenvalue weighted by Gasteiger charge is -2.18. The summed E-state index contributed by atoms with van der Waals surface area (Å²) >= 11 is 1.19. The lowest BCUT2D eigenvalue weighted by Crippen LogP contribution is -2.15. The van der Waals surface area contributed by atoms with Gasteiger partial charge in [-0.05, 0) is 43.7 Å². The molecule has 0 saturated carbocycles. The second-order valence-corrected chi connectivity index (χ2v) is 10.5. The number of primary amides is 1. The first kappa shape index (κ1) is 26.4. The molecule has 1 aromatic carbocycles. The van der Waals surface area contributed by atoms with Crippen molar-refractivity contribution in [2.24, 2.45) is 5.73 Å². The third kappa shape index (κ3) is 6.37. The second kappa shape index (κ2) is 10.8. The van der Waals surface area contributed by atoms with Gasteiger partial charge in [0.15, 0.2) is 5.82 Å². The summed E-state index contributed by atoms with van der Waals surface area (Å²) in [7, 11) is 0. The Balaban J connectivity index is 1.49. The first-order valence-electron chi connectivity index (χ1n) is 11.7. The highest BCUT2D eigenvalue weighted by atomic mass is 32.1. The predicted molar refractivity (Wildman–Crippen MR) is 140 cm³/mol. The van der Waals surface area contributed by atoms with Crippen LogP contribution in [0.15, 0.2) is 47.0 Å². The molecule has 3 heterocycles. The topological polar surface area (TPSA) is 139 Å². The molecule has 37 heavy (non-hydrogen) atoms. The zero-order valence-corrected chi connectivity index (χ0v) is 21.8. The summed E-state index contributed by atoms with van der Waals surface area (Å²) < 4.78 is 20.1. The summed E-state index contributed by atoms with van der Waals surface area (Å²) in [4.78, 5) is 21.6. The number of halogens is 1. The average molecular weight is 525 g/mol. The van der Waals surface area contributed by atoms with Gasteiger partial charge in [-0.15, -0.1) is 11.3 Å². The average Bonchev–Trinajstić information content (AvgIpc) is 3.46. The van der Waals surface area contributed by atoms with Crippen molar-refractivity contribution in [2.75, 3.05) is 5.32 Å². The molecule has 0 radical (unpaired) electrons. The standard InChI is InChI=1S/C26H29FN6O3S/c1-14(2)24-32-22(36-33-24)13-29-12-16-6-5-7-21(30-16)31-25-18(23(28)34)11-20(37-25)17-9-8-15(10-19(17)27)26(3,4)35/h5-11,14,29,35H,12-13H2,1-4H3,(H2,28,34)(H,30,31). The van der Waals surface area contributed by atoms with E-state index in [-0.39, 0.29) is 11.5 Å². The van der Waals surface area contributed by atoms with E-state index in [2.05, 4.69) is 25.8 Å². The van der Waals surface area contributed by atoms with Gasteiger partial charge in [0.1, 0.15) is 16.6 Å². The number of nitrogens with two attached hydrogens (primary N) is 1. The second-order valence-electron chi connectivity index (χ2n) is 9.42. The third-order valence-electron chi connectivity index (χ3n) is 5.57. The number of nitrogens with one attached hydrogen (secondary N) is 2. The van der Waals surface area contributed by atoms with Crippen LogP contribution in [0.4, 0.5) is 15.2 Å². The van der Waals surface area contributed by atoms with Crippen LogP contribution in [0.25, 0.3) is 10.4 Å². The minimum absolute atomic E-state index is 0.188. The van der Waals surface area contributed by atoms with Gasteiger partial charge in [0.05, 0.1) is 23.4 Å². The summed E-state index contributed by atoms with van der Waals surface area (Å²) in [6.45, 7) is 8.01. The largest absolute Gasteiger partial charge is 0.386 e. The molecule has 0 aliphatic rings. The van der Waals surface area contributed by atoms with Crippen LogP contribution < -0.4 is 16.4 Å². The van der Waals surface area contributed by atoms with E-state index in [4.69, 9.17) is 10.3 Å². The first-order valence-corrected chi connectivity index (χ1v) is 12.6. The number of amides is 1. The molecule has 11 heteroatoms. The number of aliphatic hydroxyl groups is 1. The molecule has 0 bridgehead atoms. The number of thiophene rings is 1. The minimum Gasteiger partial charge on any atom is -0.386 e. The Morgan fingerprint density at radius 1 is 1.19 bits per heavy atom. The van der Waals surface area contributed by atoms with Crippen LogP contribution in [0.1, 0.15) is 66.9 Å². The lowest BCUT2D eigenvalue weighted by molar-refractivity contribution is 0.0782. The summed E-state index contributed by atoms with van der Waals surface area (Å²) in [6.07, 6.45) is 0. The monoisotopic (exact) mass is 524 g/mol. The number of anilines is 2. The van der Waals surface area contributed by atoms with Gasteiger partial charge in [-0.25, -0.2) is 9.37 Å². The smallest absolute Gasteiger partial charge is 0.251 e. The van der Waals surface area contributed by atoms with Gasteiger partial charge in [0, 0.05) is 22.9 Å². The molecule has 1 amide bonds. The molecular weight excluding hydrogens is 495 g/mol. The van der Waals surface area contributed by atoms with Crippen molar-refractivity contribution in [3.63, 3.8) is 0 Å². The van der Waals surface area contributed by atoms with Crippen molar-refractivity contribution < 1.29 is 18.8 Å². The maximum Gasteiger partial charge on any atom is 0.251 e. The van der Waals surface area contributed by atoms with Gasteiger partial charge < -0.3 is 26.0 Å². The molecule has 0 fully saturated rings. The lowest BCUT2D eigenvalue weighted by atomic mass is 9.96. The van der Waals surface area contributed by atoms with E-state index >= 15 is 0 Å². The number of benzene rings is 1. The molecular formula is C26H29FN6O3S. The van der Waals surface area contributed by atoms with E-state index in [1.807, 2.05) is 26.0 Å². The molecule has 0 atom stereocenters. The molecule has 0 aliphatic heterocycles. The molecule has 0 unspecified atom stereocenters. The molecule has 9 nitrogen and oxygen atoms in total. The zero-order valence-electron chi connectivity index (χ0n) is 21.0. The van der Waals surface area contributed by atoms with Crippen LogP contribution in [0.3, 0.4) is 0 Å². The molecule has 5 N–H and O–H groups in total. The minimum atomic E-state index is -1.17. The first-order chi connectivity index (χ1) is 17.5. The van der Waals surface area contributed by atoms with E-state index < -0.39 is 17.3 Å². The SMILES string of the molecule is CC(C)c1noc(CNCc2cccc(Nc3sc(-c4ccc(C(C)(C)O)cc4F)cc3C(N)=O)n2)n1. The summed E-state index contributed by atoms with van der Waals surface area (Å²) in [6, 6.07) is 11.6. The van der Waals surface area contributed by atoms with E-state index in [1.165, 1.54) is 17.4 Å². The Morgan fingerprint density at radius 3 is 2.62 bits per heavy atom. The summed E-state index contributed by atoms with van der Waals surface area (Å²) in [5.41, 5.74) is 6.17. The number of hydrogen-bond donors (Lipinski definition) is 4. The number of aromatic nitrogens is 3. The Labute approximate surface area is 217 Å². The van der Waals surface area contributed by atoms with E-state index in [9.17, 15) is 14.3 Å². The Hall–Kier alpha value is -3.67. The highest BCUT2D eigenvalue weighted by Crippen LogP contribution is 2.38. The van der Waals surface area contributed by atoms with Crippen molar-refractivity contribution in [2.45, 2.75) is 52.3 Å². The van der Waals surface area contributed by atoms with Crippen molar-refractivity contribution >= 4 is 28.1 Å². The molecule has 0 spiro atoms. The molecule has 4 rings (SSSR count). The van der Waals surface area contributed by atoms with Crippen LogP contribution in [-0.4, -0.2) is 26.1 Å². The summed E-state index contributed by atoms with van der Waals surface area (Å²) in [5.74, 6) is 0.710. The molecule has 0 saturated heterocycles. The van der Waals surface area contributed by atoms with Crippen molar-refractivity contribution in [1.82, 2.24) is 20.4 Å². The highest BCUT2D eigenvalue weighted by molar-refractivity contribution is 7.19. The van der Waals surface area contributed by atoms with Gasteiger partial charge in [0.2, 0.25) is 5.89 Å². The Morgan fingerprint density at radius 2 is 1.97 bits per heavy atom. The maximum absolute atomic E-state index is 14.9. The molecule has 4 aromatic rings. The number of rotatable bonds is 10. The maximum atomic E-state index is 14.9. The molecule has 194 valence electrons. The van der Waals surface area contributed by atoms with E-state index in [1.54, 1.807) is 38.1 Å². The van der Waals surface area contributed by atoms with Crippen molar-refractivity contribution in [3.8, 4) is 10.4 Å². The highest BCUT2D eigenvalue weighted by Gasteiger charge is 2.21. The third-order valence-corrected chi connectivity index (χ3v) is 6.65. The van der Waals surface area contributed by atoms with Crippen LogP contribution in [0, 0.1) is 5.82 Å². The Kier molecular flexibility index (Phi) is 7.67. The van der Waals surface area contributed by atoms with Gasteiger partial charge in [-0.1, -0.05) is 37.2 Å². The quantitative estimate of drug-likeness (QED) is 0.232. The van der Waals surface area contributed by atoms with Crippen molar-refractivity contribution in [1.29, 1.82) is 0 Å². The fourth-order valence-corrected chi connectivity index (χ4v) is 4.63. The predicted octanol–water partition coefficient (Wildman–Crippen LogP) is 4.82. The van der Waals surface area contributed by atoms with E-state index in [0.29, 0.717) is 51.6 Å². The number of hydrogen-bond acceptors (Lipinski definition) is 9. The number of pyridine rings is 1. The number of carbonyl (C=O) groups is 1. The number of nitrogens with zero attached hydrogens (tertiary/aromatic N) is 3. The van der Waals surface area contributed by atoms with Crippen LogP contribution in [-0.2, 0) is 18.7 Å². The zero-order chi connectivity index (χ0) is 26.7. The van der Waals surface area contributed by atoms with Crippen LogP contribution in [0.5, 0.6) is 0 Å². The van der Waals surface area contributed by atoms with Gasteiger partial charge in [0.25, 0.3) is 5.91 Å². The van der Waals surface area contributed by atoms with Crippen LogP contribution in [0.2, 0.25) is 0 Å². The van der Waals surface area contributed by atoms with Crippen molar-refractivity contribution in [3.05, 3.63) is 76.8 Å². The fourth-order valence-electron chi connectivity index (χ4n) is 3.53.